The Kier molecular flexibility index (Phi) is 9.29. The Balaban J connectivity index is 2.09. The second kappa shape index (κ2) is 11.5. The Morgan fingerprint density at radius 3 is 2.09 bits per heavy atom. The molecule has 1 aromatic carbocycles. The predicted octanol–water partition coefficient (Wildman–Crippen LogP) is 5.94. The van der Waals surface area contributed by atoms with Crippen molar-refractivity contribution in [1.29, 1.82) is 0 Å². The molecule has 186 valence electrons. The maximum absolute atomic E-state index is 13.4. The Labute approximate surface area is 194 Å². The molecule has 0 amide bonds. The molecular formula is C24H27F6N3O. The molecule has 0 saturated heterocycles. The first-order chi connectivity index (χ1) is 15.8. The molecule has 0 radical (unpaired) electrons. The number of aliphatic hydroxyl groups is 1. The van der Waals surface area contributed by atoms with Crippen LogP contribution in [0, 0.1) is 5.92 Å². The summed E-state index contributed by atoms with van der Waals surface area (Å²) in [6, 6.07) is 6.28. The molecule has 2 rings (SSSR count). The van der Waals surface area contributed by atoms with Gasteiger partial charge in [-0.25, -0.2) is 4.98 Å². The number of benzene rings is 1. The topological polar surface area (TPSA) is 57.2 Å². The van der Waals surface area contributed by atoms with E-state index in [2.05, 4.69) is 28.8 Å². The lowest BCUT2D eigenvalue weighted by Crippen LogP contribution is -2.32. The van der Waals surface area contributed by atoms with Crippen molar-refractivity contribution in [3.63, 3.8) is 0 Å². The molecule has 2 aromatic rings. The van der Waals surface area contributed by atoms with E-state index in [1.54, 1.807) is 13.0 Å². The van der Waals surface area contributed by atoms with Gasteiger partial charge in [0.15, 0.2) is 0 Å². The van der Waals surface area contributed by atoms with Crippen molar-refractivity contribution < 1.29 is 31.4 Å². The summed E-state index contributed by atoms with van der Waals surface area (Å²) in [6.07, 6.45) is -7.68. The maximum Gasteiger partial charge on any atom is 0.433 e. The van der Waals surface area contributed by atoms with Crippen molar-refractivity contribution >= 4 is 0 Å². The van der Waals surface area contributed by atoms with Crippen LogP contribution in [0.4, 0.5) is 26.3 Å². The van der Waals surface area contributed by atoms with Crippen molar-refractivity contribution in [2.45, 2.75) is 25.2 Å². The van der Waals surface area contributed by atoms with E-state index in [0.29, 0.717) is 31.7 Å². The third-order valence-corrected chi connectivity index (χ3v) is 5.22. The zero-order valence-corrected chi connectivity index (χ0v) is 18.6. The lowest BCUT2D eigenvalue weighted by atomic mass is 9.98. The van der Waals surface area contributed by atoms with Gasteiger partial charge >= 0.3 is 12.4 Å². The third kappa shape index (κ3) is 7.88. The van der Waals surface area contributed by atoms with Gasteiger partial charge < -0.3 is 15.7 Å². The first kappa shape index (κ1) is 27.4. The Morgan fingerprint density at radius 2 is 1.59 bits per heavy atom. The zero-order valence-electron chi connectivity index (χ0n) is 18.6. The second-order valence-electron chi connectivity index (χ2n) is 7.89. The summed E-state index contributed by atoms with van der Waals surface area (Å²) in [7, 11) is 0. The highest BCUT2D eigenvalue weighted by Crippen LogP contribution is 2.34. The summed E-state index contributed by atoms with van der Waals surface area (Å²) in [5.74, 6) is -0.596. The number of aromatic nitrogens is 1. The standard InChI is InChI=1S/C24H27F6N3O/c1-4-17(16(3)34)14-32-10-9-31-13-15(2)19-11-21(33-22(12-19)24(28,29)30)18-5-7-20(8-6-18)23(25,26)27/h4-8,11-12,15,17,31-32,34H,1,3,9-10,13-14H2,2H3. The van der Waals surface area contributed by atoms with Crippen LogP contribution < -0.4 is 10.6 Å². The molecule has 34 heavy (non-hydrogen) atoms. The molecule has 10 heteroatoms. The van der Waals surface area contributed by atoms with Gasteiger partial charge in [0, 0.05) is 37.7 Å². The third-order valence-electron chi connectivity index (χ3n) is 5.22. The van der Waals surface area contributed by atoms with Gasteiger partial charge in [-0.1, -0.05) is 31.7 Å². The average Bonchev–Trinajstić information content (AvgIpc) is 2.76. The van der Waals surface area contributed by atoms with E-state index in [9.17, 15) is 31.4 Å². The van der Waals surface area contributed by atoms with E-state index < -0.39 is 23.6 Å². The summed E-state index contributed by atoms with van der Waals surface area (Å²) in [5.41, 5.74) is -1.52. The fourth-order valence-electron chi connectivity index (χ4n) is 3.17. The zero-order chi connectivity index (χ0) is 25.5. The second-order valence-corrected chi connectivity index (χ2v) is 7.89. The number of nitrogens with zero attached hydrogens (tertiary/aromatic N) is 1. The molecule has 0 fully saturated rings. The first-order valence-electron chi connectivity index (χ1n) is 10.5. The van der Waals surface area contributed by atoms with Crippen LogP contribution >= 0.6 is 0 Å². The number of alkyl halides is 6. The molecule has 3 N–H and O–H groups in total. The summed E-state index contributed by atoms with van der Waals surface area (Å²) in [5, 5.41) is 15.6. The molecular weight excluding hydrogens is 460 g/mol. The van der Waals surface area contributed by atoms with Gasteiger partial charge in [-0.15, -0.1) is 6.58 Å². The van der Waals surface area contributed by atoms with Crippen LogP contribution in [0.5, 0.6) is 0 Å². The molecule has 0 aliphatic rings. The SMILES string of the molecule is C=CC(CNCCNCC(C)c1cc(-c2ccc(C(F)(F)F)cc2)nc(C(F)(F)F)c1)C(=C)O. The minimum absolute atomic E-state index is 0.00564. The van der Waals surface area contributed by atoms with Crippen LogP contribution in [0.1, 0.15) is 29.7 Å². The quantitative estimate of drug-likeness (QED) is 0.159. The van der Waals surface area contributed by atoms with Gasteiger partial charge in [-0.3, -0.25) is 0 Å². The lowest BCUT2D eigenvalue weighted by Gasteiger charge is -2.17. The number of rotatable bonds is 11. The largest absolute Gasteiger partial charge is 0.512 e. The Morgan fingerprint density at radius 1 is 1.00 bits per heavy atom. The fourth-order valence-corrected chi connectivity index (χ4v) is 3.17. The number of halogens is 6. The lowest BCUT2D eigenvalue weighted by molar-refractivity contribution is -0.141. The number of aliphatic hydroxyl groups excluding tert-OH is 1. The van der Waals surface area contributed by atoms with Crippen LogP contribution in [-0.2, 0) is 12.4 Å². The van der Waals surface area contributed by atoms with Gasteiger partial charge in [-0.05, 0) is 35.7 Å². The molecule has 2 atom stereocenters. The molecule has 2 unspecified atom stereocenters. The minimum Gasteiger partial charge on any atom is -0.512 e. The van der Waals surface area contributed by atoms with Crippen molar-refractivity contribution in [1.82, 2.24) is 15.6 Å². The van der Waals surface area contributed by atoms with Gasteiger partial charge in [0.2, 0.25) is 0 Å². The predicted molar refractivity (Wildman–Crippen MR) is 119 cm³/mol. The Bertz CT molecular complexity index is 970. The van der Waals surface area contributed by atoms with Crippen LogP contribution in [0.3, 0.4) is 0 Å². The van der Waals surface area contributed by atoms with E-state index >= 15 is 0 Å². The minimum atomic E-state index is -4.70. The van der Waals surface area contributed by atoms with Crippen molar-refractivity contribution in [3.05, 3.63) is 78.2 Å². The first-order valence-corrected chi connectivity index (χ1v) is 10.5. The summed E-state index contributed by atoms with van der Waals surface area (Å²) in [4.78, 5) is 3.64. The van der Waals surface area contributed by atoms with Crippen LogP contribution in [0.2, 0.25) is 0 Å². The molecule has 4 nitrogen and oxygen atoms in total. The summed E-state index contributed by atoms with van der Waals surface area (Å²) < 4.78 is 78.7. The summed E-state index contributed by atoms with van der Waals surface area (Å²) in [6.45, 7) is 10.7. The van der Waals surface area contributed by atoms with Crippen molar-refractivity contribution in [3.8, 4) is 11.3 Å². The smallest absolute Gasteiger partial charge is 0.433 e. The van der Waals surface area contributed by atoms with E-state index in [0.717, 1.165) is 30.3 Å². The maximum atomic E-state index is 13.4. The Hall–Kier alpha value is -2.85. The molecule has 0 aliphatic carbocycles. The molecule has 0 spiro atoms. The van der Waals surface area contributed by atoms with Gasteiger partial charge in [0.1, 0.15) is 5.69 Å². The van der Waals surface area contributed by atoms with Crippen molar-refractivity contribution in [2.24, 2.45) is 5.92 Å². The number of hydrogen-bond acceptors (Lipinski definition) is 4. The normalized spacial score (nSPS) is 14.0. The van der Waals surface area contributed by atoms with Crippen molar-refractivity contribution in [2.75, 3.05) is 26.2 Å². The number of pyridine rings is 1. The molecule has 0 bridgehead atoms. The monoisotopic (exact) mass is 487 g/mol. The highest BCUT2D eigenvalue weighted by Gasteiger charge is 2.34. The van der Waals surface area contributed by atoms with Gasteiger partial charge in [0.25, 0.3) is 0 Å². The van der Waals surface area contributed by atoms with E-state index in [4.69, 9.17) is 0 Å². The van der Waals surface area contributed by atoms with E-state index in [-0.39, 0.29) is 28.9 Å². The average molecular weight is 487 g/mol. The van der Waals surface area contributed by atoms with Crippen LogP contribution in [0.25, 0.3) is 11.3 Å². The van der Waals surface area contributed by atoms with E-state index in [1.165, 1.54) is 6.07 Å². The number of nitrogens with one attached hydrogen (secondary N) is 2. The fraction of sp³-hybridized carbons (Fsp3) is 0.375. The number of hydrogen-bond donors (Lipinski definition) is 3. The molecule has 0 aliphatic heterocycles. The molecule has 1 heterocycles. The highest BCUT2D eigenvalue weighted by molar-refractivity contribution is 5.61. The van der Waals surface area contributed by atoms with Crippen LogP contribution in [-0.4, -0.2) is 36.3 Å². The van der Waals surface area contributed by atoms with Gasteiger partial charge in [0.05, 0.1) is 17.0 Å². The molecule has 1 aromatic heterocycles. The van der Waals surface area contributed by atoms with E-state index in [1.807, 2.05) is 0 Å². The van der Waals surface area contributed by atoms with Crippen LogP contribution in [0.15, 0.2) is 61.4 Å². The summed E-state index contributed by atoms with van der Waals surface area (Å²) >= 11 is 0. The molecule has 0 saturated carbocycles. The van der Waals surface area contributed by atoms with Gasteiger partial charge in [-0.2, -0.15) is 26.3 Å². The highest BCUT2D eigenvalue weighted by atomic mass is 19.4.